The minimum absolute atomic E-state index is 0.210. The van der Waals surface area contributed by atoms with Gasteiger partial charge in [0.1, 0.15) is 0 Å². The number of nitrogens with one attached hydrogen (secondary N) is 2. The molecule has 0 spiro atoms. The highest BCUT2D eigenvalue weighted by Gasteiger charge is 2.20. The fraction of sp³-hybridized carbons (Fsp3) is 0.409. The van der Waals surface area contributed by atoms with Crippen LogP contribution in [0.25, 0.3) is 0 Å². The molecule has 0 aliphatic carbocycles. The zero-order valence-electron chi connectivity index (χ0n) is 16.9. The number of nitrogens with zero attached hydrogens (tertiary/aromatic N) is 1. The molecule has 29 heavy (non-hydrogen) atoms. The Labute approximate surface area is 177 Å². The summed E-state index contributed by atoms with van der Waals surface area (Å²) in [6.07, 6.45) is 2.13. The molecule has 0 radical (unpaired) electrons. The molecule has 1 aliphatic heterocycles. The number of halogens is 1. The average Bonchev–Trinajstić information content (AvgIpc) is 2.73. The number of rotatable bonds is 7. The van der Waals surface area contributed by atoms with Gasteiger partial charge in [-0.05, 0) is 61.7 Å². The smallest absolute Gasteiger partial charge is 0.319 e. The highest BCUT2D eigenvalue weighted by Crippen LogP contribution is 2.29. The van der Waals surface area contributed by atoms with E-state index in [1.165, 1.54) is 5.56 Å². The number of hydrogen-bond donors (Lipinski definition) is 2. The van der Waals surface area contributed by atoms with Gasteiger partial charge < -0.3 is 20.1 Å². The molecule has 2 aromatic carbocycles. The fourth-order valence-electron chi connectivity index (χ4n) is 3.57. The maximum atomic E-state index is 12.2. The summed E-state index contributed by atoms with van der Waals surface area (Å²) in [6.45, 7) is 3.64. The van der Waals surface area contributed by atoms with Crippen LogP contribution < -0.4 is 20.1 Å². The van der Waals surface area contributed by atoms with Crippen molar-refractivity contribution in [3.05, 3.63) is 53.1 Å². The van der Waals surface area contributed by atoms with Gasteiger partial charge >= 0.3 is 6.03 Å². The Morgan fingerprint density at radius 1 is 1.10 bits per heavy atom. The van der Waals surface area contributed by atoms with Crippen LogP contribution in [0.4, 0.5) is 10.5 Å². The fourth-order valence-corrected chi connectivity index (χ4v) is 3.78. The molecule has 2 N–H and O–H groups in total. The van der Waals surface area contributed by atoms with E-state index in [0.717, 1.165) is 37.5 Å². The number of urea groups is 1. The Kier molecular flexibility index (Phi) is 7.61. The third-order valence-electron chi connectivity index (χ3n) is 5.20. The van der Waals surface area contributed by atoms with Crippen LogP contribution in [-0.4, -0.2) is 44.8 Å². The van der Waals surface area contributed by atoms with E-state index in [1.54, 1.807) is 32.4 Å². The zero-order valence-corrected chi connectivity index (χ0v) is 17.7. The van der Waals surface area contributed by atoms with Crippen LogP contribution in [0.1, 0.15) is 18.4 Å². The normalized spacial score (nSPS) is 15.0. The number of methoxy groups -OCH3 is 2. The lowest BCUT2D eigenvalue weighted by Gasteiger charge is -2.32. The summed E-state index contributed by atoms with van der Waals surface area (Å²) in [4.78, 5) is 14.7. The summed E-state index contributed by atoms with van der Waals surface area (Å²) in [5.41, 5.74) is 1.90. The van der Waals surface area contributed by atoms with E-state index >= 15 is 0 Å². The van der Waals surface area contributed by atoms with Crippen molar-refractivity contribution in [1.82, 2.24) is 10.2 Å². The van der Waals surface area contributed by atoms with Crippen molar-refractivity contribution < 1.29 is 14.3 Å². The van der Waals surface area contributed by atoms with Crippen molar-refractivity contribution in [3.8, 4) is 11.5 Å². The van der Waals surface area contributed by atoms with Crippen LogP contribution in [0.2, 0.25) is 5.02 Å². The van der Waals surface area contributed by atoms with E-state index in [1.807, 2.05) is 18.2 Å². The predicted octanol–water partition coefficient (Wildman–Crippen LogP) is 4.39. The Morgan fingerprint density at radius 3 is 2.55 bits per heavy atom. The number of hydrogen-bond acceptors (Lipinski definition) is 4. The number of benzene rings is 2. The summed E-state index contributed by atoms with van der Waals surface area (Å²) in [7, 11) is 3.15. The van der Waals surface area contributed by atoms with E-state index in [4.69, 9.17) is 21.1 Å². The third-order valence-corrected chi connectivity index (χ3v) is 5.43. The first-order valence-corrected chi connectivity index (χ1v) is 10.2. The number of ether oxygens (including phenoxy) is 2. The lowest BCUT2D eigenvalue weighted by atomic mass is 9.96. The molecule has 0 bridgehead atoms. The van der Waals surface area contributed by atoms with E-state index in [9.17, 15) is 4.79 Å². The maximum Gasteiger partial charge on any atom is 0.319 e. The van der Waals surface area contributed by atoms with Crippen molar-refractivity contribution in [3.63, 3.8) is 0 Å². The van der Waals surface area contributed by atoms with Crippen molar-refractivity contribution >= 4 is 23.3 Å². The summed E-state index contributed by atoms with van der Waals surface area (Å²) in [6, 6.07) is 13.1. The van der Waals surface area contributed by atoms with E-state index in [2.05, 4.69) is 21.6 Å². The number of likely N-dealkylation sites (tertiary alicyclic amines) is 1. The first-order valence-electron chi connectivity index (χ1n) is 9.81. The minimum Gasteiger partial charge on any atom is -0.493 e. The van der Waals surface area contributed by atoms with Crippen molar-refractivity contribution in [2.75, 3.05) is 39.2 Å². The second kappa shape index (κ2) is 10.4. The standard InChI is InChI=1S/C22H28ClN3O3/c1-28-20-7-6-19(13-21(20)29-2)25-22(27)24-14-16-8-10-26(11-9-16)15-17-4-3-5-18(23)12-17/h3-7,12-13,16H,8-11,14-15H2,1-2H3,(H2,24,25,27). The largest absolute Gasteiger partial charge is 0.493 e. The van der Waals surface area contributed by atoms with Crippen molar-refractivity contribution in [1.29, 1.82) is 0 Å². The van der Waals surface area contributed by atoms with Gasteiger partial charge in [0, 0.05) is 29.9 Å². The van der Waals surface area contributed by atoms with Gasteiger partial charge in [-0.3, -0.25) is 4.90 Å². The number of anilines is 1. The maximum absolute atomic E-state index is 12.2. The molecule has 156 valence electrons. The molecule has 2 amide bonds. The second-order valence-electron chi connectivity index (χ2n) is 7.25. The molecule has 7 heteroatoms. The van der Waals surface area contributed by atoms with Gasteiger partial charge in [0.2, 0.25) is 0 Å². The Morgan fingerprint density at radius 2 is 1.86 bits per heavy atom. The Hall–Kier alpha value is -2.44. The van der Waals surface area contributed by atoms with Gasteiger partial charge in [0.05, 0.1) is 14.2 Å². The molecular weight excluding hydrogens is 390 g/mol. The van der Waals surface area contributed by atoms with Crippen LogP contribution in [0.5, 0.6) is 11.5 Å². The number of carbonyl (C=O) groups is 1. The summed E-state index contributed by atoms with van der Waals surface area (Å²) >= 11 is 6.07. The lowest BCUT2D eigenvalue weighted by Crippen LogP contribution is -2.39. The Balaban J connectivity index is 1.40. The molecule has 0 saturated carbocycles. The second-order valence-corrected chi connectivity index (χ2v) is 7.69. The topological polar surface area (TPSA) is 62.8 Å². The summed E-state index contributed by atoms with van der Waals surface area (Å²) < 4.78 is 10.5. The van der Waals surface area contributed by atoms with Crippen LogP contribution in [0.3, 0.4) is 0 Å². The molecule has 0 aromatic heterocycles. The van der Waals surface area contributed by atoms with Crippen LogP contribution in [0.15, 0.2) is 42.5 Å². The number of carbonyl (C=O) groups excluding carboxylic acids is 1. The quantitative estimate of drug-likeness (QED) is 0.701. The average molecular weight is 418 g/mol. The Bertz CT molecular complexity index is 823. The van der Waals surface area contributed by atoms with E-state index < -0.39 is 0 Å². The van der Waals surface area contributed by atoms with Gasteiger partial charge in [-0.15, -0.1) is 0 Å². The van der Waals surface area contributed by atoms with Gasteiger partial charge in [0.15, 0.2) is 11.5 Å². The molecule has 3 rings (SSSR count). The molecule has 1 heterocycles. The number of piperidine rings is 1. The summed E-state index contributed by atoms with van der Waals surface area (Å²) in [5.74, 6) is 1.70. The van der Waals surface area contributed by atoms with Crippen molar-refractivity contribution in [2.45, 2.75) is 19.4 Å². The third kappa shape index (κ3) is 6.27. The lowest BCUT2D eigenvalue weighted by molar-refractivity contribution is 0.176. The molecule has 2 aromatic rings. The minimum atomic E-state index is -0.210. The first kappa shape index (κ1) is 21.3. The monoisotopic (exact) mass is 417 g/mol. The predicted molar refractivity (Wildman–Crippen MR) is 116 cm³/mol. The molecule has 1 aliphatic rings. The van der Waals surface area contributed by atoms with Gasteiger partial charge in [-0.25, -0.2) is 4.79 Å². The molecule has 0 atom stereocenters. The van der Waals surface area contributed by atoms with E-state index in [0.29, 0.717) is 29.6 Å². The zero-order chi connectivity index (χ0) is 20.6. The summed E-state index contributed by atoms with van der Waals surface area (Å²) in [5, 5.41) is 6.61. The highest BCUT2D eigenvalue weighted by molar-refractivity contribution is 6.30. The molecule has 1 saturated heterocycles. The van der Waals surface area contributed by atoms with Crippen molar-refractivity contribution in [2.24, 2.45) is 5.92 Å². The van der Waals surface area contributed by atoms with Crippen LogP contribution in [0, 0.1) is 5.92 Å². The van der Waals surface area contributed by atoms with E-state index in [-0.39, 0.29) is 6.03 Å². The molecule has 0 unspecified atom stereocenters. The van der Waals surface area contributed by atoms with Crippen LogP contribution >= 0.6 is 11.6 Å². The first-order chi connectivity index (χ1) is 14.1. The molecule has 6 nitrogen and oxygen atoms in total. The molecular formula is C22H28ClN3O3. The van der Waals surface area contributed by atoms with Gasteiger partial charge in [-0.2, -0.15) is 0 Å². The molecule has 1 fully saturated rings. The highest BCUT2D eigenvalue weighted by atomic mass is 35.5. The van der Waals surface area contributed by atoms with Crippen LogP contribution in [-0.2, 0) is 6.54 Å². The van der Waals surface area contributed by atoms with Gasteiger partial charge in [0.25, 0.3) is 0 Å². The number of amides is 2. The van der Waals surface area contributed by atoms with Gasteiger partial charge in [-0.1, -0.05) is 23.7 Å². The SMILES string of the molecule is COc1ccc(NC(=O)NCC2CCN(Cc3cccc(Cl)c3)CC2)cc1OC.